The molecule has 2 rings (SSSR count). The van der Waals surface area contributed by atoms with Crippen LogP contribution in [0.4, 0.5) is 10.1 Å². The van der Waals surface area contributed by atoms with Crippen LogP contribution in [0.2, 0.25) is 5.02 Å². The van der Waals surface area contributed by atoms with E-state index in [-0.39, 0.29) is 5.02 Å². The zero-order valence-electron chi connectivity index (χ0n) is 9.18. The normalized spacial score (nSPS) is 10.4. The third-order valence-corrected chi connectivity index (χ3v) is 4.18. The summed E-state index contributed by atoms with van der Waals surface area (Å²) in [6.45, 7) is 0.482. The van der Waals surface area contributed by atoms with Crippen LogP contribution < -0.4 is 5.32 Å². The lowest BCUT2D eigenvalue weighted by atomic mass is 10.2. The van der Waals surface area contributed by atoms with Gasteiger partial charge in [0, 0.05) is 20.3 Å². The summed E-state index contributed by atoms with van der Waals surface area (Å²) in [6, 6.07) is 10.8. The molecule has 0 amide bonds. The van der Waals surface area contributed by atoms with Gasteiger partial charge in [-0.05, 0) is 68.3 Å². The van der Waals surface area contributed by atoms with Gasteiger partial charge in [0.15, 0.2) is 0 Å². The van der Waals surface area contributed by atoms with E-state index >= 15 is 0 Å². The van der Waals surface area contributed by atoms with Crippen molar-refractivity contribution in [3.63, 3.8) is 0 Å². The summed E-state index contributed by atoms with van der Waals surface area (Å²) in [6.07, 6.45) is 0. The molecule has 0 bridgehead atoms. The molecule has 0 saturated carbocycles. The van der Waals surface area contributed by atoms with Gasteiger partial charge in [0.1, 0.15) is 5.82 Å². The zero-order valence-corrected chi connectivity index (χ0v) is 13.7. The third kappa shape index (κ3) is 3.36. The quantitative estimate of drug-likeness (QED) is 0.625. The van der Waals surface area contributed by atoms with E-state index in [2.05, 4.69) is 43.8 Å². The third-order valence-electron chi connectivity index (χ3n) is 2.43. The first-order chi connectivity index (χ1) is 8.58. The average Bonchev–Trinajstić information content (AvgIpc) is 2.33. The topological polar surface area (TPSA) is 12.0 Å². The second-order valence-electron chi connectivity index (χ2n) is 3.69. The monoisotopic (exact) mass is 439 g/mol. The Kier molecular flexibility index (Phi) is 4.86. The van der Waals surface area contributed by atoms with Crippen molar-refractivity contribution in [2.45, 2.75) is 6.54 Å². The van der Waals surface area contributed by atoms with Crippen LogP contribution in [0.15, 0.2) is 40.9 Å². The first-order valence-electron chi connectivity index (χ1n) is 5.20. The van der Waals surface area contributed by atoms with Gasteiger partial charge in [0.25, 0.3) is 0 Å². The van der Waals surface area contributed by atoms with Gasteiger partial charge in [-0.2, -0.15) is 0 Å². The van der Waals surface area contributed by atoms with Gasteiger partial charge >= 0.3 is 0 Å². The van der Waals surface area contributed by atoms with Gasteiger partial charge in [0.05, 0.1) is 5.02 Å². The van der Waals surface area contributed by atoms with Crippen molar-refractivity contribution in [3.05, 3.63) is 60.8 Å². The summed E-state index contributed by atoms with van der Waals surface area (Å²) < 4.78 is 15.4. The highest BCUT2D eigenvalue weighted by Crippen LogP contribution is 2.26. The van der Waals surface area contributed by atoms with E-state index in [0.29, 0.717) is 6.54 Å². The Labute approximate surface area is 132 Å². The lowest BCUT2D eigenvalue weighted by Gasteiger charge is -2.10. The van der Waals surface area contributed by atoms with Crippen LogP contribution in [0, 0.1) is 9.39 Å². The Morgan fingerprint density at radius 3 is 2.78 bits per heavy atom. The van der Waals surface area contributed by atoms with E-state index in [0.717, 1.165) is 19.3 Å². The van der Waals surface area contributed by atoms with Crippen molar-refractivity contribution in [3.8, 4) is 0 Å². The molecule has 0 aromatic heterocycles. The van der Waals surface area contributed by atoms with Crippen molar-refractivity contribution in [1.82, 2.24) is 0 Å². The SMILES string of the molecule is Fc1cccc(CNc2ccc(I)cc2Br)c1Cl. The molecule has 0 aliphatic carbocycles. The Hall–Kier alpha value is -0.330. The molecule has 0 fully saturated rings. The van der Waals surface area contributed by atoms with Crippen LogP contribution in [0.1, 0.15) is 5.56 Å². The van der Waals surface area contributed by atoms with E-state index in [1.807, 2.05) is 18.2 Å². The molecule has 0 spiro atoms. The van der Waals surface area contributed by atoms with Gasteiger partial charge in [-0.15, -0.1) is 0 Å². The first-order valence-corrected chi connectivity index (χ1v) is 7.44. The number of nitrogens with one attached hydrogen (secondary N) is 1. The van der Waals surface area contributed by atoms with Crippen molar-refractivity contribution in [2.75, 3.05) is 5.32 Å². The maximum atomic E-state index is 13.3. The molecular formula is C13H9BrClFIN. The largest absolute Gasteiger partial charge is 0.380 e. The van der Waals surface area contributed by atoms with Crippen molar-refractivity contribution in [2.24, 2.45) is 0 Å². The molecule has 0 aliphatic heterocycles. The van der Waals surface area contributed by atoms with Crippen LogP contribution >= 0.6 is 50.1 Å². The fourth-order valence-corrected chi connectivity index (χ4v) is 3.14. The van der Waals surface area contributed by atoms with E-state index in [1.54, 1.807) is 12.1 Å². The van der Waals surface area contributed by atoms with E-state index in [1.165, 1.54) is 6.07 Å². The lowest BCUT2D eigenvalue weighted by molar-refractivity contribution is 0.626. The maximum absolute atomic E-state index is 13.3. The Bertz CT molecular complexity index is 577. The minimum Gasteiger partial charge on any atom is -0.380 e. The van der Waals surface area contributed by atoms with E-state index < -0.39 is 5.82 Å². The van der Waals surface area contributed by atoms with Gasteiger partial charge < -0.3 is 5.32 Å². The highest BCUT2D eigenvalue weighted by molar-refractivity contribution is 14.1. The molecule has 94 valence electrons. The molecular weight excluding hydrogens is 431 g/mol. The summed E-state index contributed by atoms with van der Waals surface area (Å²) in [5, 5.41) is 3.40. The summed E-state index contributed by atoms with van der Waals surface area (Å²) in [5.41, 5.74) is 1.69. The molecule has 2 aromatic rings. The molecule has 0 heterocycles. The molecule has 0 saturated heterocycles. The fourth-order valence-electron chi connectivity index (χ4n) is 1.51. The standard InChI is InChI=1S/C13H9BrClFIN/c14-10-6-9(17)4-5-12(10)18-7-8-2-1-3-11(16)13(8)15/h1-6,18H,7H2. The molecule has 0 unspecified atom stereocenters. The minimum absolute atomic E-state index is 0.173. The molecule has 1 nitrogen and oxygen atoms in total. The van der Waals surface area contributed by atoms with E-state index in [4.69, 9.17) is 11.6 Å². The van der Waals surface area contributed by atoms with E-state index in [9.17, 15) is 4.39 Å². The second-order valence-corrected chi connectivity index (χ2v) is 6.17. The number of hydrogen-bond donors (Lipinski definition) is 1. The predicted molar refractivity (Wildman–Crippen MR) is 85.6 cm³/mol. The minimum atomic E-state index is -0.391. The summed E-state index contributed by atoms with van der Waals surface area (Å²) in [7, 11) is 0. The zero-order chi connectivity index (χ0) is 13.1. The Balaban J connectivity index is 2.14. The van der Waals surface area contributed by atoms with Crippen LogP contribution in [0.5, 0.6) is 0 Å². The second kappa shape index (κ2) is 6.21. The molecule has 5 heteroatoms. The first kappa shape index (κ1) is 14.1. The number of rotatable bonds is 3. The number of hydrogen-bond acceptors (Lipinski definition) is 1. The predicted octanol–water partition coefficient (Wildman–Crippen LogP) is 5.46. The number of benzene rings is 2. The van der Waals surface area contributed by atoms with Crippen molar-refractivity contribution in [1.29, 1.82) is 0 Å². The summed E-state index contributed by atoms with van der Waals surface area (Å²) in [5.74, 6) is -0.391. The highest BCUT2D eigenvalue weighted by atomic mass is 127. The molecule has 1 N–H and O–H groups in total. The molecule has 0 aliphatic rings. The summed E-state index contributed by atoms with van der Waals surface area (Å²) >= 11 is 11.6. The average molecular weight is 440 g/mol. The molecule has 0 radical (unpaired) electrons. The summed E-state index contributed by atoms with van der Waals surface area (Å²) in [4.78, 5) is 0. The van der Waals surface area contributed by atoms with Crippen molar-refractivity contribution < 1.29 is 4.39 Å². The van der Waals surface area contributed by atoms with Crippen molar-refractivity contribution >= 4 is 55.8 Å². The highest BCUT2D eigenvalue weighted by Gasteiger charge is 2.06. The smallest absolute Gasteiger partial charge is 0.142 e. The van der Waals surface area contributed by atoms with Crippen LogP contribution in [0.3, 0.4) is 0 Å². The molecule has 2 aromatic carbocycles. The van der Waals surface area contributed by atoms with Gasteiger partial charge in [0.2, 0.25) is 0 Å². The fraction of sp³-hybridized carbons (Fsp3) is 0.0769. The van der Waals surface area contributed by atoms with Gasteiger partial charge in [-0.1, -0.05) is 23.7 Å². The maximum Gasteiger partial charge on any atom is 0.142 e. The Morgan fingerprint density at radius 2 is 2.06 bits per heavy atom. The number of halogens is 4. The van der Waals surface area contributed by atoms with Gasteiger partial charge in [-0.3, -0.25) is 0 Å². The number of anilines is 1. The Morgan fingerprint density at radius 1 is 1.28 bits per heavy atom. The van der Waals surface area contributed by atoms with Crippen LogP contribution in [-0.4, -0.2) is 0 Å². The molecule has 0 atom stereocenters. The lowest BCUT2D eigenvalue weighted by Crippen LogP contribution is -2.01. The molecule has 18 heavy (non-hydrogen) atoms. The van der Waals surface area contributed by atoms with Crippen LogP contribution in [0.25, 0.3) is 0 Å². The van der Waals surface area contributed by atoms with Gasteiger partial charge in [-0.25, -0.2) is 4.39 Å². The van der Waals surface area contributed by atoms with Crippen LogP contribution in [-0.2, 0) is 6.54 Å².